The zero-order chi connectivity index (χ0) is 28.2. The zero-order valence-electron chi connectivity index (χ0n) is 22.8. The smallest absolute Gasteiger partial charge is 0.278 e. The molecule has 1 aromatic carbocycles. The molecule has 0 bridgehead atoms. The fourth-order valence-electron chi connectivity index (χ4n) is 5.12. The van der Waals surface area contributed by atoms with Gasteiger partial charge in [0, 0.05) is 47.6 Å². The predicted molar refractivity (Wildman–Crippen MR) is 156 cm³/mol. The fourth-order valence-corrected chi connectivity index (χ4v) is 5.12. The summed E-state index contributed by atoms with van der Waals surface area (Å²) in [4.78, 5) is 45.6. The zero-order valence-corrected chi connectivity index (χ0v) is 22.8. The Labute approximate surface area is 236 Å². The maximum atomic E-state index is 13.7. The highest BCUT2D eigenvalue weighted by molar-refractivity contribution is 5.80. The van der Waals surface area contributed by atoms with E-state index in [0.29, 0.717) is 24.1 Å². The lowest BCUT2D eigenvalue weighted by Crippen LogP contribution is -2.40. The molecule has 3 N–H and O–H groups in total. The summed E-state index contributed by atoms with van der Waals surface area (Å²) in [6, 6.07) is 13.2. The number of aromatic amines is 1. The first-order chi connectivity index (χ1) is 20.0. The fraction of sp³-hybridized carbons (Fsp3) is 0.300. The van der Waals surface area contributed by atoms with Crippen LogP contribution in [0.5, 0.6) is 0 Å². The van der Waals surface area contributed by atoms with Crippen molar-refractivity contribution in [3.8, 4) is 11.3 Å². The summed E-state index contributed by atoms with van der Waals surface area (Å²) < 4.78 is 7.17. The summed E-state index contributed by atoms with van der Waals surface area (Å²) in [5.41, 5.74) is 3.41. The van der Waals surface area contributed by atoms with Crippen LogP contribution >= 0.6 is 0 Å². The van der Waals surface area contributed by atoms with E-state index in [2.05, 4.69) is 35.5 Å². The predicted octanol–water partition coefficient (Wildman–Crippen LogP) is 4.25. The van der Waals surface area contributed by atoms with Crippen molar-refractivity contribution in [3.05, 3.63) is 89.3 Å². The summed E-state index contributed by atoms with van der Waals surface area (Å²) in [6.07, 6.45) is 9.80. The molecule has 1 aliphatic rings. The highest BCUT2D eigenvalue weighted by Gasteiger charge is 2.22. The van der Waals surface area contributed by atoms with Crippen LogP contribution in [0.2, 0.25) is 0 Å². The summed E-state index contributed by atoms with van der Waals surface area (Å²) in [7, 11) is 0. The van der Waals surface area contributed by atoms with Gasteiger partial charge in [-0.05, 0) is 38.3 Å². The number of anilines is 2. The van der Waals surface area contributed by atoms with Gasteiger partial charge in [0.15, 0.2) is 0 Å². The monoisotopic (exact) mass is 552 g/mol. The molecule has 210 valence electrons. The Morgan fingerprint density at radius 1 is 1.12 bits per heavy atom. The van der Waals surface area contributed by atoms with Crippen LogP contribution in [-0.4, -0.2) is 43.5 Å². The number of nitrogens with zero attached hydrogens (tertiary/aromatic N) is 5. The molecule has 1 fully saturated rings. The van der Waals surface area contributed by atoms with E-state index in [1.807, 2.05) is 49.4 Å². The standard InChI is InChI=1S/C30H32N8O3/c1-20(28-36-26(19-41-28)21-8-4-2-5-9-21)34-25-17-33-30(37-12-6-3-7-13-37)38(29(25)40)18-27(39)32-16-23-14-22-15-31-11-10-24(22)35-23/h2,4-5,8-11,14-15,17,19-20,34-35H,3,6-7,12-13,16,18H2,1H3,(H,32,39)/t20-/m1/s1. The molecule has 0 spiro atoms. The minimum absolute atomic E-state index is 0.152. The molecule has 0 unspecified atom stereocenters. The summed E-state index contributed by atoms with van der Waals surface area (Å²) in [5, 5.41) is 7.09. The van der Waals surface area contributed by atoms with Crippen molar-refractivity contribution in [1.82, 2.24) is 29.8 Å². The largest absolute Gasteiger partial charge is 0.446 e. The van der Waals surface area contributed by atoms with Crippen molar-refractivity contribution in [2.45, 2.75) is 45.3 Å². The molecule has 1 atom stereocenters. The maximum Gasteiger partial charge on any atom is 0.278 e. The van der Waals surface area contributed by atoms with Crippen LogP contribution in [0.1, 0.15) is 43.8 Å². The molecule has 5 aromatic rings. The third kappa shape index (κ3) is 5.84. The number of hydrogen-bond donors (Lipinski definition) is 3. The number of aromatic nitrogens is 5. The molecular weight excluding hydrogens is 520 g/mol. The van der Waals surface area contributed by atoms with Gasteiger partial charge in [-0.1, -0.05) is 30.3 Å². The molecule has 1 amide bonds. The first kappa shape index (κ1) is 26.3. The Kier molecular flexibility index (Phi) is 7.48. The summed E-state index contributed by atoms with van der Waals surface area (Å²) >= 11 is 0. The average molecular weight is 553 g/mol. The minimum atomic E-state index is -0.401. The van der Waals surface area contributed by atoms with Gasteiger partial charge in [0.25, 0.3) is 5.56 Å². The van der Waals surface area contributed by atoms with Gasteiger partial charge in [0.1, 0.15) is 30.2 Å². The number of benzene rings is 1. The Hall–Kier alpha value is -4.93. The van der Waals surface area contributed by atoms with E-state index in [4.69, 9.17) is 4.42 Å². The minimum Gasteiger partial charge on any atom is -0.446 e. The van der Waals surface area contributed by atoms with Crippen LogP contribution < -0.4 is 21.1 Å². The van der Waals surface area contributed by atoms with Crippen LogP contribution in [0.4, 0.5) is 11.6 Å². The molecule has 0 aliphatic carbocycles. The van der Waals surface area contributed by atoms with E-state index in [9.17, 15) is 9.59 Å². The van der Waals surface area contributed by atoms with Crippen LogP contribution in [0, 0.1) is 0 Å². The molecular formula is C30H32N8O3. The number of carbonyl (C=O) groups excluding carboxylic acids is 1. The Balaban J connectivity index is 1.21. The number of piperidine rings is 1. The lowest BCUT2D eigenvalue weighted by molar-refractivity contribution is -0.121. The van der Waals surface area contributed by atoms with E-state index in [0.717, 1.165) is 54.5 Å². The normalized spacial score (nSPS) is 14.2. The quantitative estimate of drug-likeness (QED) is 0.247. The van der Waals surface area contributed by atoms with Crippen molar-refractivity contribution in [1.29, 1.82) is 0 Å². The molecule has 11 heteroatoms. The summed E-state index contributed by atoms with van der Waals surface area (Å²) in [6.45, 7) is 3.60. The van der Waals surface area contributed by atoms with Gasteiger partial charge in [-0.2, -0.15) is 0 Å². The molecule has 1 saturated heterocycles. The van der Waals surface area contributed by atoms with Gasteiger partial charge in [-0.3, -0.25) is 19.1 Å². The second-order valence-corrected chi connectivity index (χ2v) is 10.2. The molecule has 1 aliphatic heterocycles. The average Bonchev–Trinajstić information content (AvgIpc) is 3.67. The number of pyridine rings is 1. The van der Waals surface area contributed by atoms with Crippen molar-refractivity contribution < 1.29 is 9.21 Å². The number of amides is 1. The van der Waals surface area contributed by atoms with E-state index < -0.39 is 6.04 Å². The number of H-pyrrole nitrogens is 1. The van der Waals surface area contributed by atoms with Crippen molar-refractivity contribution in [2.24, 2.45) is 0 Å². The number of hydrogen-bond acceptors (Lipinski definition) is 8. The lowest BCUT2D eigenvalue weighted by atomic mass is 10.1. The first-order valence-electron chi connectivity index (χ1n) is 13.9. The van der Waals surface area contributed by atoms with Crippen molar-refractivity contribution in [2.75, 3.05) is 23.3 Å². The van der Waals surface area contributed by atoms with Gasteiger partial charge in [-0.15, -0.1) is 0 Å². The molecule has 0 radical (unpaired) electrons. The number of nitrogens with one attached hydrogen (secondary N) is 3. The van der Waals surface area contributed by atoms with Crippen LogP contribution in [-0.2, 0) is 17.9 Å². The third-order valence-corrected chi connectivity index (χ3v) is 7.25. The Bertz CT molecular complexity index is 1670. The summed E-state index contributed by atoms with van der Waals surface area (Å²) in [5.74, 6) is 0.665. The van der Waals surface area contributed by atoms with Crippen LogP contribution in [0.15, 0.2) is 76.5 Å². The molecule has 11 nitrogen and oxygen atoms in total. The highest BCUT2D eigenvalue weighted by Crippen LogP contribution is 2.24. The van der Waals surface area contributed by atoms with E-state index in [-0.39, 0.29) is 23.7 Å². The van der Waals surface area contributed by atoms with Gasteiger partial charge >= 0.3 is 0 Å². The van der Waals surface area contributed by atoms with Crippen LogP contribution in [0.25, 0.3) is 22.2 Å². The highest BCUT2D eigenvalue weighted by atomic mass is 16.3. The lowest BCUT2D eigenvalue weighted by Gasteiger charge is -2.29. The van der Waals surface area contributed by atoms with Gasteiger partial charge in [-0.25, -0.2) is 9.97 Å². The third-order valence-electron chi connectivity index (χ3n) is 7.25. The number of carbonyl (C=O) groups is 1. The van der Waals surface area contributed by atoms with Gasteiger partial charge in [0.2, 0.25) is 17.7 Å². The second kappa shape index (κ2) is 11.7. The Morgan fingerprint density at radius 2 is 1.95 bits per heavy atom. The van der Waals surface area contributed by atoms with E-state index in [1.54, 1.807) is 18.7 Å². The van der Waals surface area contributed by atoms with E-state index in [1.165, 1.54) is 10.8 Å². The maximum absolute atomic E-state index is 13.7. The Morgan fingerprint density at radius 3 is 2.76 bits per heavy atom. The number of oxazole rings is 1. The number of fused-ring (bicyclic) bond motifs is 1. The van der Waals surface area contributed by atoms with Gasteiger partial charge < -0.3 is 24.9 Å². The van der Waals surface area contributed by atoms with Gasteiger partial charge in [0.05, 0.1) is 12.7 Å². The molecule has 41 heavy (non-hydrogen) atoms. The molecule has 4 aromatic heterocycles. The van der Waals surface area contributed by atoms with E-state index >= 15 is 0 Å². The second-order valence-electron chi connectivity index (χ2n) is 10.2. The molecule has 6 rings (SSSR count). The number of rotatable bonds is 9. The first-order valence-corrected chi connectivity index (χ1v) is 13.9. The van der Waals surface area contributed by atoms with Crippen LogP contribution in [0.3, 0.4) is 0 Å². The SMILES string of the molecule is C[C@@H](Nc1cnc(N2CCCCC2)n(CC(=O)NCc2cc3cnccc3[nH]2)c1=O)c1nc(-c2ccccc2)co1. The topological polar surface area (TPSA) is 134 Å². The van der Waals surface area contributed by atoms with Crippen molar-refractivity contribution >= 4 is 28.4 Å². The van der Waals surface area contributed by atoms with Crippen molar-refractivity contribution in [3.63, 3.8) is 0 Å². The molecule has 5 heterocycles. The molecule has 0 saturated carbocycles.